The minimum absolute atomic E-state index is 0.0742. The number of aromatic nitrogens is 4. The van der Waals surface area contributed by atoms with E-state index in [9.17, 15) is 9.59 Å². The van der Waals surface area contributed by atoms with Crippen LogP contribution in [0.4, 0.5) is 16.6 Å². The van der Waals surface area contributed by atoms with Crippen molar-refractivity contribution in [1.82, 2.24) is 29.3 Å². The highest BCUT2D eigenvalue weighted by Crippen LogP contribution is 2.37. The molecule has 0 atom stereocenters. The molecular weight excluding hydrogens is 530 g/mol. The van der Waals surface area contributed by atoms with Gasteiger partial charge in [0.15, 0.2) is 11.5 Å². The Balaban J connectivity index is 1.31. The lowest BCUT2D eigenvalue weighted by molar-refractivity contribution is 0.0136. The third-order valence-electron chi connectivity index (χ3n) is 6.71. The molecule has 218 valence electrons. The number of anilines is 2. The number of nitrogens with one attached hydrogen (secondary N) is 1. The number of nitrogen functional groups attached to an aromatic ring is 1. The second-order valence-electron chi connectivity index (χ2n) is 10.7. The van der Waals surface area contributed by atoms with Crippen LogP contribution in [-0.2, 0) is 11.3 Å². The summed E-state index contributed by atoms with van der Waals surface area (Å²) < 4.78 is 19.2. The van der Waals surface area contributed by atoms with Gasteiger partial charge >= 0.3 is 6.09 Å². The molecule has 14 nitrogen and oxygen atoms in total. The molecule has 3 N–H and O–H groups in total. The Morgan fingerprint density at radius 2 is 1.83 bits per heavy atom. The maximum Gasteiger partial charge on any atom is 0.410 e. The fourth-order valence-electron chi connectivity index (χ4n) is 4.71. The molecule has 0 saturated carbocycles. The monoisotopic (exact) mass is 565 g/mol. The third-order valence-corrected chi connectivity index (χ3v) is 6.71. The number of carbonyl (C=O) groups is 2. The zero-order valence-electron chi connectivity index (χ0n) is 23.7. The zero-order chi connectivity index (χ0) is 29.1. The molecule has 0 radical (unpaired) electrons. The topological polar surface area (TPSA) is 162 Å². The SMILES string of the molecule is COc1c(OCCN2CCN(C(=O)OC(C)(C)C)CC2)ccc2c3n(c(=NC(=O)c4cnc(N)nc4)nc12)CCN3. The van der Waals surface area contributed by atoms with Gasteiger partial charge in [-0.15, -0.1) is 0 Å². The lowest BCUT2D eigenvalue weighted by atomic mass is 10.2. The van der Waals surface area contributed by atoms with Crippen LogP contribution in [0.2, 0.25) is 0 Å². The number of hydrogen-bond acceptors (Lipinski definition) is 11. The maximum atomic E-state index is 12.8. The van der Waals surface area contributed by atoms with Crippen molar-refractivity contribution in [2.45, 2.75) is 32.9 Å². The molecule has 0 spiro atoms. The molecule has 4 heterocycles. The van der Waals surface area contributed by atoms with E-state index >= 15 is 0 Å². The van der Waals surface area contributed by atoms with Gasteiger partial charge in [0.25, 0.3) is 5.91 Å². The van der Waals surface area contributed by atoms with E-state index in [-0.39, 0.29) is 23.2 Å². The summed E-state index contributed by atoms with van der Waals surface area (Å²) in [7, 11) is 1.56. The summed E-state index contributed by atoms with van der Waals surface area (Å²) >= 11 is 0. The van der Waals surface area contributed by atoms with E-state index < -0.39 is 11.5 Å². The van der Waals surface area contributed by atoms with E-state index in [4.69, 9.17) is 24.9 Å². The van der Waals surface area contributed by atoms with Gasteiger partial charge in [-0.3, -0.25) is 14.3 Å². The maximum absolute atomic E-state index is 12.8. The predicted octanol–water partition coefficient (Wildman–Crippen LogP) is 1.52. The van der Waals surface area contributed by atoms with E-state index in [0.29, 0.717) is 56.3 Å². The Bertz CT molecular complexity index is 1510. The largest absolute Gasteiger partial charge is 0.491 e. The van der Waals surface area contributed by atoms with Gasteiger partial charge in [-0.1, -0.05) is 0 Å². The number of benzene rings is 1. The summed E-state index contributed by atoms with van der Waals surface area (Å²) in [4.78, 5) is 45.9. The minimum Gasteiger partial charge on any atom is -0.491 e. The number of methoxy groups -OCH3 is 1. The molecule has 2 aliphatic heterocycles. The number of carbonyl (C=O) groups excluding carboxylic acids is 2. The Labute approximate surface area is 237 Å². The number of ether oxygens (including phenoxy) is 3. The van der Waals surface area contributed by atoms with Crippen LogP contribution in [-0.4, -0.2) is 99.9 Å². The van der Waals surface area contributed by atoms with Crippen molar-refractivity contribution in [2.75, 3.05) is 64.0 Å². The summed E-state index contributed by atoms with van der Waals surface area (Å²) in [6, 6.07) is 3.78. The number of rotatable bonds is 6. The van der Waals surface area contributed by atoms with Crippen molar-refractivity contribution in [1.29, 1.82) is 0 Å². The second kappa shape index (κ2) is 11.6. The molecule has 5 rings (SSSR count). The normalized spacial score (nSPS) is 15.9. The van der Waals surface area contributed by atoms with Gasteiger partial charge in [-0.25, -0.2) is 19.7 Å². The van der Waals surface area contributed by atoms with Crippen LogP contribution >= 0.6 is 0 Å². The molecule has 0 bridgehead atoms. The number of amides is 2. The van der Waals surface area contributed by atoms with Crippen LogP contribution in [0.25, 0.3) is 10.9 Å². The third kappa shape index (κ3) is 6.32. The predicted molar refractivity (Wildman–Crippen MR) is 151 cm³/mol. The molecule has 2 amide bonds. The first-order chi connectivity index (χ1) is 19.6. The molecule has 0 aliphatic carbocycles. The van der Waals surface area contributed by atoms with Gasteiger partial charge in [-0.2, -0.15) is 4.99 Å². The van der Waals surface area contributed by atoms with Crippen LogP contribution in [0.3, 0.4) is 0 Å². The van der Waals surface area contributed by atoms with Crippen molar-refractivity contribution in [3.05, 3.63) is 35.7 Å². The minimum atomic E-state index is -0.531. The fourth-order valence-corrected chi connectivity index (χ4v) is 4.71. The van der Waals surface area contributed by atoms with Crippen LogP contribution < -0.4 is 26.1 Å². The number of piperazine rings is 1. The Kier molecular flexibility index (Phi) is 7.92. The van der Waals surface area contributed by atoms with Crippen LogP contribution in [0.15, 0.2) is 29.5 Å². The molecule has 1 fully saturated rings. The van der Waals surface area contributed by atoms with Crippen molar-refractivity contribution < 1.29 is 23.8 Å². The average Bonchev–Trinajstić information content (AvgIpc) is 3.43. The number of hydrogen-bond donors (Lipinski definition) is 2. The molecule has 2 aliphatic rings. The lowest BCUT2D eigenvalue weighted by Crippen LogP contribution is -2.50. The molecule has 2 aromatic heterocycles. The van der Waals surface area contributed by atoms with Crippen molar-refractivity contribution in [2.24, 2.45) is 4.99 Å². The van der Waals surface area contributed by atoms with Crippen molar-refractivity contribution in [3.8, 4) is 11.5 Å². The number of nitrogens with two attached hydrogens (primary N) is 1. The fraction of sp³-hybridized carbons (Fsp3) is 0.481. The van der Waals surface area contributed by atoms with Gasteiger partial charge in [-0.05, 0) is 32.9 Å². The van der Waals surface area contributed by atoms with Gasteiger partial charge in [0, 0.05) is 63.6 Å². The summed E-state index contributed by atoms with van der Waals surface area (Å²) in [6.45, 7) is 10.6. The highest BCUT2D eigenvalue weighted by atomic mass is 16.6. The van der Waals surface area contributed by atoms with E-state index in [1.807, 2.05) is 37.5 Å². The van der Waals surface area contributed by atoms with Gasteiger partial charge in [0.1, 0.15) is 23.5 Å². The first-order valence-corrected chi connectivity index (χ1v) is 13.5. The molecule has 14 heteroatoms. The van der Waals surface area contributed by atoms with Gasteiger partial charge in [0.2, 0.25) is 11.6 Å². The molecule has 1 aromatic carbocycles. The van der Waals surface area contributed by atoms with E-state index in [2.05, 4.69) is 25.2 Å². The van der Waals surface area contributed by atoms with Gasteiger partial charge in [0.05, 0.1) is 12.7 Å². The molecule has 3 aromatic rings. The Morgan fingerprint density at radius 3 is 2.51 bits per heavy atom. The highest BCUT2D eigenvalue weighted by Gasteiger charge is 2.26. The quantitative estimate of drug-likeness (QED) is 0.445. The summed E-state index contributed by atoms with van der Waals surface area (Å²) in [5.41, 5.74) is 5.99. The highest BCUT2D eigenvalue weighted by molar-refractivity contribution is 5.96. The molecule has 1 saturated heterocycles. The van der Waals surface area contributed by atoms with Gasteiger partial charge < -0.3 is 30.2 Å². The molecular formula is C27H35N9O5. The van der Waals surface area contributed by atoms with Crippen LogP contribution in [0.5, 0.6) is 11.5 Å². The average molecular weight is 566 g/mol. The molecule has 41 heavy (non-hydrogen) atoms. The summed E-state index contributed by atoms with van der Waals surface area (Å²) in [5, 5.41) is 4.18. The van der Waals surface area contributed by atoms with Crippen LogP contribution in [0.1, 0.15) is 31.1 Å². The van der Waals surface area contributed by atoms with E-state index in [1.54, 1.807) is 12.0 Å². The number of nitrogens with zero attached hydrogens (tertiary/aromatic N) is 7. The summed E-state index contributed by atoms with van der Waals surface area (Å²) in [5.74, 6) is 1.32. The van der Waals surface area contributed by atoms with Crippen molar-refractivity contribution >= 4 is 34.7 Å². The number of fused-ring (bicyclic) bond motifs is 3. The molecule has 0 unspecified atom stereocenters. The van der Waals surface area contributed by atoms with E-state index in [1.165, 1.54) is 12.4 Å². The second-order valence-corrected chi connectivity index (χ2v) is 10.7. The van der Waals surface area contributed by atoms with Crippen LogP contribution in [0, 0.1) is 0 Å². The smallest absolute Gasteiger partial charge is 0.410 e. The van der Waals surface area contributed by atoms with E-state index in [0.717, 1.165) is 24.3 Å². The Hall–Kier alpha value is -4.46. The first-order valence-electron chi connectivity index (χ1n) is 13.5. The first kappa shape index (κ1) is 28.1. The summed E-state index contributed by atoms with van der Waals surface area (Å²) in [6.07, 6.45) is 2.39. The standard InChI is InChI=1S/C27H35N9O5/c1-27(2,3)41-26(38)35-11-9-34(10-12-35)13-14-40-19-6-5-18-20(21(19)39-4)32-25(36-8-7-29-22(18)36)33-23(37)17-15-30-24(28)31-16-17/h5-6,15-16,29H,7-14H2,1-4H3,(H2,28,30,31). The lowest BCUT2D eigenvalue weighted by Gasteiger charge is -2.35. The van der Waals surface area contributed by atoms with Crippen molar-refractivity contribution in [3.63, 3.8) is 0 Å². The zero-order valence-corrected chi connectivity index (χ0v) is 23.7. The Morgan fingerprint density at radius 1 is 1.10 bits per heavy atom.